The molecule has 2 aliphatic rings. The summed E-state index contributed by atoms with van der Waals surface area (Å²) in [5.74, 6) is 6.61. The molecule has 0 amide bonds. The summed E-state index contributed by atoms with van der Waals surface area (Å²) in [6.07, 6.45) is 7.97. The third kappa shape index (κ3) is 4.05. The van der Waals surface area contributed by atoms with Crippen LogP contribution in [0, 0.1) is 29.6 Å². The minimum absolute atomic E-state index is 0.671. The normalized spacial score (nSPS) is 31.6. The van der Waals surface area contributed by atoms with Crippen molar-refractivity contribution in [3.8, 4) is 11.5 Å². The molecule has 1 aromatic rings. The molecule has 0 aromatic heterocycles. The molecule has 1 aromatic carbocycles. The van der Waals surface area contributed by atoms with E-state index in [1.54, 1.807) is 14.2 Å². The van der Waals surface area contributed by atoms with Crippen LogP contribution >= 0.6 is 0 Å². The van der Waals surface area contributed by atoms with Gasteiger partial charge in [0.15, 0.2) is 11.5 Å². The maximum absolute atomic E-state index is 5.63. The largest absolute Gasteiger partial charge is 0.493 e. The Morgan fingerprint density at radius 3 is 2.31 bits per heavy atom. The van der Waals surface area contributed by atoms with Gasteiger partial charge < -0.3 is 9.47 Å². The van der Waals surface area contributed by atoms with Crippen molar-refractivity contribution in [2.75, 3.05) is 14.2 Å². The van der Waals surface area contributed by atoms with Crippen molar-refractivity contribution in [1.29, 1.82) is 0 Å². The van der Waals surface area contributed by atoms with Crippen molar-refractivity contribution in [2.24, 2.45) is 29.6 Å². The number of rotatable bonds is 4. The van der Waals surface area contributed by atoms with Gasteiger partial charge in [0.05, 0.1) is 14.2 Å². The summed E-state index contributed by atoms with van der Waals surface area (Å²) in [7, 11) is 3.50. The van der Waals surface area contributed by atoms with E-state index in [0.717, 1.165) is 41.1 Å². The van der Waals surface area contributed by atoms with Gasteiger partial charge in [0, 0.05) is 0 Å². The van der Waals surface area contributed by atoms with Crippen LogP contribution in [0.5, 0.6) is 11.5 Å². The van der Waals surface area contributed by atoms with Crippen LogP contribution < -0.4 is 9.47 Å². The summed E-state index contributed by atoms with van der Waals surface area (Å²) in [6, 6.07) is 4.54. The molecule has 2 bridgehead atoms. The van der Waals surface area contributed by atoms with Crippen LogP contribution in [0.3, 0.4) is 0 Å². The Balaban J connectivity index is 1.96. The molecule has 3 rings (SSSR count). The molecule has 26 heavy (non-hydrogen) atoms. The summed E-state index contributed by atoms with van der Waals surface area (Å²) in [6.45, 7) is 9.79. The molecule has 2 heteroatoms. The summed E-state index contributed by atoms with van der Waals surface area (Å²) in [4.78, 5) is 0. The average molecular weight is 359 g/mol. The minimum atomic E-state index is 0.671. The summed E-state index contributed by atoms with van der Waals surface area (Å²) < 4.78 is 11.2. The molecule has 0 spiro atoms. The van der Waals surface area contributed by atoms with Gasteiger partial charge in [0.1, 0.15) is 0 Å². The lowest BCUT2D eigenvalue weighted by atomic mass is 9.68. The number of aryl methyl sites for hydroxylation is 1. The topological polar surface area (TPSA) is 18.5 Å². The van der Waals surface area contributed by atoms with Crippen molar-refractivity contribution in [2.45, 2.75) is 72.1 Å². The predicted octanol–water partition coefficient (Wildman–Crippen LogP) is 6.47. The molecule has 146 valence electrons. The number of fused-ring (bicyclic) bond motifs is 4. The second kappa shape index (κ2) is 8.23. The third-order valence-electron chi connectivity index (χ3n) is 7.17. The van der Waals surface area contributed by atoms with Crippen molar-refractivity contribution in [1.82, 2.24) is 0 Å². The molecule has 0 aliphatic heterocycles. The lowest BCUT2D eigenvalue weighted by Crippen LogP contribution is -2.27. The van der Waals surface area contributed by atoms with Gasteiger partial charge in [-0.1, -0.05) is 27.7 Å². The Morgan fingerprint density at radius 2 is 1.65 bits per heavy atom. The quantitative estimate of drug-likeness (QED) is 0.614. The molecule has 5 unspecified atom stereocenters. The van der Waals surface area contributed by atoms with Crippen LogP contribution in [-0.4, -0.2) is 14.2 Å². The van der Waals surface area contributed by atoms with E-state index in [1.807, 2.05) is 0 Å². The number of hydrogen-bond acceptors (Lipinski definition) is 2. The molecular weight excluding hydrogens is 320 g/mol. The molecule has 0 radical (unpaired) electrons. The number of ether oxygens (including phenoxy) is 2. The van der Waals surface area contributed by atoms with Gasteiger partial charge in [-0.2, -0.15) is 0 Å². The van der Waals surface area contributed by atoms with Gasteiger partial charge in [0.25, 0.3) is 0 Å². The van der Waals surface area contributed by atoms with Crippen LogP contribution in [0.25, 0.3) is 0 Å². The molecular formula is C24H38O2. The van der Waals surface area contributed by atoms with E-state index in [1.165, 1.54) is 49.7 Å². The third-order valence-corrected chi connectivity index (χ3v) is 7.17. The maximum Gasteiger partial charge on any atom is 0.161 e. The van der Waals surface area contributed by atoms with Crippen LogP contribution in [0.2, 0.25) is 0 Å². The van der Waals surface area contributed by atoms with E-state index in [9.17, 15) is 0 Å². The number of benzene rings is 1. The molecule has 1 saturated carbocycles. The fourth-order valence-electron chi connectivity index (χ4n) is 5.70. The maximum atomic E-state index is 5.63. The predicted molar refractivity (Wildman–Crippen MR) is 109 cm³/mol. The number of methoxy groups -OCH3 is 2. The van der Waals surface area contributed by atoms with Gasteiger partial charge >= 0.3 is 0 Å². The molecule has 0 heterocycles. The van der Waals surface area contributed by atoms with E-state index in [2.05, 4.69) is 39.8 Å². The van der Waals surface area contributed by atoms with E-state index in [0.29, 0.717) is 5.92 Å². The fraction of sp³-hybridized carbons (Fsp3) is 0.750. The first kappa shape index (κ1) is 19.6. The zero-order valence-corrected chi connectivity index (χ0v) is 17.7. The smallest absolute Gasteiger partial charge is 0.161 e. The van der Waals surface area contributed by atoms with Crippen LogP contribution in [0.4, 0.5) is 0 Å². The molecule has 0 saturated heterocycles. The first-order valence-electron chi connectivity index (χ1n) is 10.7. The Kier molecular flexibility index (Phi) is 6.20. The lowest BCUT2D eigenvalue weighted by molar-refractivity contribution is 0.153. The van der Waals surface area contributed by atoms with Gasteiger partial charge in [0.2, 0.25) is 0 Å². The highest BCUT2D eigenvalue weighted by molar-refractivity contribution is 5.49. The highest BCUT2D eigenvalue weighted by atomic mass is 16.5. The Morgan fingerprint density at radius 1 is 0.962 bits per heavy atom. The van der Waals surface area contributed by atoms with Crippen LogP contribution in [-0.2, 0) is 6.42 Å². The SMILES string of the molecule is COc1cc2c(cc1OC)C1CC(C)C(CC(C)C)CC(C)C(CC2)C1. The first-order valence-corrected chi connectivity index (χ1v) is 10.7. The highest BCUT2D eigenvalue weighted by Crippen LogP contribution is 2.48. The summed E-state index contributed by atoms with van der Waals surface area (Å²) in [5.41, 5.74) is 3.03. The average Bonchev–Trinajstić information content (AvgIpc) is 2.78. The zero-order valence-electron chi connectivity index (χ0n) is 17.7. The molecule has 0 N–H and O–H groups in total. The standard InChI is InChI=1S/C24H38O2/c1-15(2)9-20-10-16(3)18-7-8-19-13-23(25-5)24(26-6)14-22(19)21(12-18)11-17(20)4/h13-18,20-21H,7-12H2,1-6H3. The molecule has 2 nitrogen and oxygen atoms in total. The van der Waals surface area contributed by atoms with Gasteiger partial charge in [-0.25, -0.2) is 0 Å². The summed E-state index contributed by atoms with van der Waals surface area (Å²) >= 11 is 0. The van der Waals surface area contributed by atoms with Crippen molar-refractivity contribution in [3.63, 3.8) is 0 Å². The Hall–Kier alpha value is -1.18. The van der Waals surface area contributed by atoms with E-state index in [-0.39, 0.29) is 0 Å². The van der Waals surface area contributed by atoms with Gasteiger partial charge in [-0.3, -0.25) is 0 Å². The Bertz CT molecular complexity index is 606. The van der Waals surface area contributed by atoms with E-state index < -0.39 is 0 Å². The van der Waals surface area contributed by atoms with E-state index >= 15 is 0 Å². The minimum Gasteiger partial charge on any atom is -0.493 e. The van der Waals surface area contributed by atoms with Gasteiger partial charge in [-0.05, 0) is 97.3 Å². The monoisotopic (exact) mass is 358 g/mol. The lowest BCUT2D eigenvalue weighted by Gasteiger charge is -2.37. The first-order chi connectivity index (χ1) is 12.4. The fourth-order valence-corrected chi connectivity index (χ4v) is 5.70. The zero-order chi connectivity index (χ0) is 18.8. The van der Waals surface area contributed by atoms with Crippen LogP contribution in [0.15, 0.2) is 12.1 Å². The molecule has 1 fully saturated rings. The molecule has 5 atom stereocenters. The molecule has 2 aliphatic carbocycles. The van der Waals surface area contributed by atoms with Crippen molar-refractivity contribution in [3.05, 3.63) is 23.3 Å². The van der Waals surface area contributed by atoms with Crippen molar-refractivity contribution < 1.29 is 9.47 Å². The Labute approximate surface area is 160 Å². The van der Waals surface area contributed by atoms with Crippen LogP contribution in [0.1, 0.15) is 76.8 Å². The van der Waals surface area contributed by atoms with Gasteiger partial charge in [-0.15, -0.1) is 0 Å². The van der Waals surface area contributed by atoms with E-state index in [4.69, 9.17) is 9.47 Å². The summed E-state index contributed by atoms with van der Waals surface area (Å²) in [5, 5.41) is 0. The second-order valence-corrected chi connectivity index (χ2v) is 9.45. The second-order valence-electron chi connectivity index (χ2n) is 9.45. The van der Waals surface area contributed by atoms with Crippen molar-refractivity contribution >= 4 is 0 Å². The number of hydrogen-bond donors (Lipinski definition) is 0. The highest BCUT2D eigenvalue weighted by Gasteiger charge is 2.35.